The summed E-state index contributed by atoms with van der Waals surface area (Å²) in [6.07, 6.45) is 4.39. The Kier molecular flexibility index (Phi) is 5.49. The van der Waals surface area contributed by atoms with E-state index in [9.17, 15) is 19.1 Å². The van der Waals surface area contributed by atoms with Gasteiger partial charge in [-0.25, -0.2) is 23.5 Å². The van der Waals surface area contributed by atoms with Crippen LogP contribution in [0.3, 0.4) is 0 Å². The number of ether oxygens (including phenoxy) is 1. The third-order valence-corrected chi connectivity index (χ3v) is 6.91. The van der Waals surface area contributed by atoms with E-state index in [1.165, 1.54) is 10.8 Å². The Balaban J connectivity index is 1.71. The molecule has 12 heteroatoms. The molecule has 1 aromatic carbocycles. The minimum Gasteiger partial charge on any atom is -0.477 e. The number of anilines is 2. The smallest absolute Gasteiger partial charge is 0.341 e. The van der Waals surface area contributed by atoms with Crippen molar-refractivity contribution in [3.05, 3.63) is 58.1 Å². The van der Waals surface area contributed by atoms with E-state index in [1.807, 2.05) is 4.90 Å². The van der Waals surface area contributed by atoms with E-state index in [0.717, 1.165) is 6.07 Å². The first kappa shape index (κ1) is 23.8. The molecule has 1 aliphatic rings. The molecule has 3 N–H and O–H groups in total. The fourth-order valence-corrected chi connectivity index (χ4v) is 5.18. The van der Waals surface area contributed by atoms with Crippen LogP contribution in [0.4, 0.5) is 20.2 Å². The molecule has 0 bridgehead atoms. The lowest BCUT2D eigenvalue weighted by atomic mass is 10.0. The number of hydrogen-bond donors (Lipinski definition) is 3. The molecule has 0 aliphatic carbocycles. The Labute approximate surface area is 213 Å². The van der Waals surface area contributed by atoms with Crippen LogP contribution in [0.1, 0.15) is 10.4 Å². The maximum Gasteiger partial charge on any atom is 0.341 e. The first-order chi connectivity index (χ1) is 18.3. The lowest BCUT2D eigenvalue weighted by Gasteiger charge is -2.31. The largest absolute Gasteiger partial charge is 0.477 e. The zero-order chi connectivity index (χ0) is 26.7. The second-order valence-corrected chi connectivity index (χ2v) is 9.07. The van der Waals surface area contributed by atoms with Gasteiger partial charge in [0.25, 0.3) is 0 Å². The number of hydrogen-bond acceptors (Lipinski definition) is 7. The molecule has 194 valence electrons. The third-order valence-electron chi connectivity index (χ3n) is 6.91. The van der Waals surface area contributed by atoms with Gasteiger partial charge in [-0.1, -0.05) is 0 Å². The zero-order valence-electron chi connectivity index (χ0n) is 20.4. The van der Waals surface area contributed by atoms with Crippen molar-refractivity contribution in [2.24, 2.45) is 7.05 Å². The number of nitrogens with zero attached hydrogens (tertiary/aromatic N) is 4. The number of benzene rings is 1. The molecule has 1 saturated heterocycles. The van der Waals surface area contributed by atoms with E-state index in [4.69, 9.17) is 4.74 Å². The Morgan fingerprint density at radius 1 is 1.13 bits per heavy atom. The summed E-state index contributed by atoms with van der Waals surface area (Å²) in [6.45, 7) is 1.91. The van der Waals surface area contributed by atoms with Gasteiger partial charge in [0.15, 0.2) is 5.82 Å². The van der Waals surface area contributed by atoms with Gasteiger partial charge in [0.05, 0.1) is 40.9 Å². The molecule has 5 aromatic rings. The first-order valence-corrected chi connectivity index (χ1v) is 11.9. The van der Waals surface area contributed by atoms with Crippen LogP contribution in [-0.4, -0.2) is 63.9 Å². The number of nitrogens with one attached hydrogen (secondary N) is 2. The van der Waals surface area contributed by atoms with Crippen LogP contribution in [0.5, 0.6) is 0 Å². The van der Waals surface area contributed by atoms with Crippen LogP contribution in [0.2, 0.25) is 0 Å². The number of halogens is 2. The lowest BCUT2D eigenvalue weighted by Crippen LogP contribution is -2.36. The predicted molar refractivity (Wildman–Crippen MR) is 139 cm³/mol. The molecule has 0 atom stereocenters. The number of pyridine rings is 3. The molecule has 5 heterocycles. The number of fused-ring (bicyclic) bond motifs is 4. The van der Waals surface area contributed by atoms with Gasteiger partial charge in [0.1, 0.15) is 22.7 Å². The summed E-state index contributed by atoms with van der Waals surface area (Å²) < 4.78 is 36.9. The van der Waals surface area contributed by atoms with Crippen molar-refractivity contribution in [2.75, 3.05) is 43.6 Å². The number of carboxylic acid groups (broad SMARTS) is 1. The highest BCUT2D eigenvalue weighted by molar-refractivity contribution is 6.18. The van der Waals surface area contributed by atoms with Crippen molar-refractivity contribution in [3.8, 4) is 11.1 Å². The minimum atomic E-state index is -1.34. The molecule has 0 saturated carbocycles. The second-order valence-electron chi connectivity index (χ2n) is 9.07. The molecule has 0 unspecified atom stereocenters. The molecule has 6 rings (SSSR count). The van der Waals surface area contributed by atoms with E-state index < -0.39 is 23.0 Å². The van der Waals surface area contributed by atoms with Crippen LogP contribution in [-0.2, 0) is 11.8 Å². The molecule has 10 nitrogen and oxygen atoms in total. The summed E-state index contributed by atoms with van der Waals surface area (Å²) in [4.78, 5) is 38.7. The Bertz CT molecular complexity index is 1840. The van der Waals surface area contributed by atoms with Crippen LogP contribution < -0.4 is 15.6 Å². The normalized spacial score (nSPS) is 14.1. The number of H-pyrrole nitrogens is 1. The molecular weight excluding hydrogens is 498 g/mol. The molecule has 0 radical (unpaired) electrons. The van der Waals surface area contributed by atoms with Crippen LogP contribution in [0.15, 0.2) is 35.5 Å². The van der Waals surface area contributed by atoms with E-state index >= 15 is 4.39 Å². The lowest BCUT2D eigenvalue weighted by molar-refractivity contribution is 0.0695. The molecule has 38 heavy (non-hydrogen) atoms. The van der Waals surface area contributed by atoms with Gasteiger partial charge in [-0.3, -0.25) is 4.79 Å². The van der Waals surface area contributed by atoms with Crippen molar-refractivity contribution in [1.82, 2.24) is 19.5 Å². The molecular formula is C26H22F2N6O4. The summed E-state index contributed by atoms with van der Waals surface area (Å²) in [7, 11) is 3.16. The van der Waals surface area contributed by atoms with Gasteiger partial charge < -0.3 is 29.6 Å². The average Bonchev–Trinajstić information content (AvgIpc) is 3.30. The average molecular weight is 520 g/mol. The van der Waals surface area contributed by atoms with Gasteiger partial charge in [-0.2, -0.15) is 0 Å². The summed E-state index contributed by atoms with van der Waals surface area (Å²) in [5.41, 5.74) is 1.70. The molecule has 0 amide bonds. The van der Waals surface area contributed by atoms with E-state index in [0.29, 0.717) is 59.8 Å². The molecule has 1 aliphatic heterocycles. The highest BCUT2D eigenvalue weighted by Crippen LogP contribution is 2.43. The van der Waals surface area contributed by atoms with Crippen molar-refractivity contribution >= 4 is 50.3 Å². The van der Waals surface area contributed by atoms with Gasteiger partial charge in [0.2, 0.25) is 5.43 Å². The summed E-state index contributed by atoms with van der Waals surface area (Å²) in [5, 5.41) is 13.1. The highest BCUT2D eigenvalue weighted by Gasteiger charge is 2.26. The molecule has 1 fully saturated rings. The number of carbonyl (C=O) groups is 1. The summed E-state index contributed by atoms with van der Waals surface area (Å²) >= 11 is 0. The number of carboxylic acids is 1. The number of morpholine rings is 1. The maximum absolute atomic E-state index is 15.4. The quantitative estimate of drug-likeness (QED) is 0.329. The van der Waals surface area contributed by atoms with Gasteiger partial charge in [0, 0.05) is 68.4 Å². The first-order valence-electron chi connectivity index (χ1n) is 11.9. The number of aromatic nitrogens is 4. The Hall–Kier alpha value is -4.58. The monoisotopic (exact) mass is 520 g/mol. The molecule has 0 spiro atoms. The number of aromatic carboxylic acids is 1. The zero-order valence-corrected chi connectivity index (χ0v) is 20.4. The van der Waals surface area contributed by atoms with Gasteiger partial charge in [-0.05, 0) is 6.07 Å². The molecule has 4 aromatic heterocycles. The van der Waals surface area contributed by atoms with Crippen LogP contribution in [0.25, 0.3) is 44.1 Å². The van der Waals surface area contributed by atoms with Gasteiger partial charge in [-0.15, -0.1) is 0 Å². The summed E-state index contributed by atoms with van der Waals surface area (Å²) in [6, 6.07) is 2.42. The van der Waals surface area contributed by atoms with Crippen molar-refractivity contribution in [2.45, 2.75) is 0 Å². The number of rotatable bonds is 4. The Morgan fingerprint density at radius 2 is 1.89 bits per heavy atom. The van der Waals surface area contributed by atoms with Gasteiger partial charge >= 0.3 is 5.97 Å². The van der Waals surface area contributed by atoms with E-state index in [-0.39, 0.29) is 27.5 Å². The summed E-state index contributed by atoms with van der Waals surface area (Å²) in [5.74, 6) is -2.81. The van der Waals surface area contributed by atoms with Crippen LogP contribution in [0, 0.1) is 11.6 Å². The predicted octanol–water partition coefficient (Wildman–Crippen LogP) is 3.48. The fourth-order valence-electron chi connectivity index (χ4n) is 5.18. The standard InChI is InChI=1S/C26H22F2N6O4/c1-29-20-17(28)8-16(27)18-19-22(34-3-5-38-6-4-34)14(10-30-24(19)32-21(18)20)12-7-13-23(35)15(26(36)37)11-33(2)25(13)31-9-12/h7-11,29H,3-6H2,1-2H3,(H,30,32)(H,36,37). The number of aryl methyl sites for hydroxylation is 1. The fraction of sp³-hybridized carbons (Fsp3) is 0.231. The Morgan fingerprint density at radius 3 is 2.61 bits per heavy atom. The SMILES string of the molecule is CNc1c(F)cc(F)c2c1[nH]c1ncc(-c3cnc4c(c3)c(=O)c(C(=O)O)cn4C)c(N3CCOCC3)c12. The third kappa shape index (κ3) is 3.48. The number of aromatic amines is 1. The van der Waals surface area contributed by atoms with E-state index in [2.05, 4.69) is 20.3 Å². The van der Waals surface area contributed by atoms with Crippen LogP contribution >= 0.6 is 0 Å². The van der Waals surface area contributed by atoms with Crippen molar-refractivity contribution < 1.29 is 23.4 Å². The minimum absolute atomic E-state index is 0.117. The highest BCUT2D eigenvalue weighted by atomic mass is 19.1. The second kappa shape index (κ2) is 8.77. The van der Waals surface area contributed by atoms with Crippen molar-refractivity contribution in [3.63, 3.8) is 0 Å². The topological polar surface area (TPSA) is 125 Å². The van der Waals surface area contributed by atoms with E-state index in [1.54, 1.807) is 32.6 Å². The maximum atomic E-state index is 15.4. The van der Waals surface area contributed by atoms with Crippen molar-refractivity contribution in [1.29, 1.82) is 0 Å².